The van der Waals surface area contributed by atoms with Gasteiger partial charge in [0.2, 0.25) is 0 Å². The zero-order valence-electron chi connectivity index (χ0n) is 12.7. The molecule has 4 N–H and O–H groups in total. The number of nitrogens with one attached hydrogen (secondary N) is 1. The fourth-order valence-electron chi connectivity index (χ4n) is 2.12. The van der Waals surface area contributed by atoms with Crippen molar-refractivity contribution in [2.75, 3.05) is 24.2 Å². The van der Waals surface area contributed by atoms with Gasteiger partial charge in [-0.05, 0) is 31.6 Å². The van der Waals surface area contributed by atoms with Crippen LogP contribution in [-0.4, -0.2) is 28.0 Å². The highest BCUT2D eigenvalue weighted by Gasteiger charge is 2.19. The second-order valence-electron chi connectivity index (χ2n) is 5.92. The van der Waals surface area contributed by atoms with Gasteiger partial charge in [-0.1, -0.05) is 20.8 Å². The molecule has 1 aromatic rings. The zero-order valence-corrected chi connectivity index (χ0v) is 12.7. The topological polar surface area (TPSA) is 76.1 Å². The first kappa shape index (κ1) is 15.8. The van der Waals surface area contributed by atoms with Crippen LogP contribution in [0.3, 0.4) is 0 Å². The fraction of sp³-hybridized carbons (Fsp3) is 0.786. The molecule has 0 aliphatic rings. The van der Waals surface area contributed by atoms with Crippen LogP contribution in [0.4, 0.5) is 11.5 Å². The predicted octanol–water partition coefficient (Wildman–Crippen LogP) is 2.39. The lowest BCUT2D eigenvalue weighted by molar-refractivity contribution is 0.247. The van der Waals surface area contributed by atoms with Crippen LogP contribution in [0.5, 0.6) is 0 Å². The molecule has 0 amide bonds. The second-order valence-corrected chi connectivity index (χ2v) is 5.92. The number of aliphatic hydroxyl groups excluding tert-OH is 1. The Bertz CT molecular complexity index is 398. The van der Waals surface area contributed by atoms with E-state index in [4.69, 9.17) is 10.8 Å². The van der Waals surface area contributed by atoms with Gasteiger partial charge in [0.15, 0.2) is 0 Å². The summed E-state index contributed by atoms with van der Waals surface area (Å²) < 4.78 is 1.95. The van der Waals surface area contributed by atoms with Crippen LogP contribution in [0.1, 0.15) is 45.7 Å². The number of hydrogen-bond donors (Lipinski definition) is 3. The maximum absolute atomic E-state index is 8.92. The summed E-state index contributed by atoms with van der Waals surface area (Å²) in [6, 6.07) is 0. The maximum Gasteiger partial charge on any atom is 0.148 e. The molecule has 0 saturated carbocycles. The average Bonchev–Trinajstić information content (AvgIpc) is 2.61. The molecule has 110 valence electrons. The number of hydrogen-bond acceptors (Lipinski definition) is 4. The largest absolute Gasteiger partial charge is 0.396 e. The SMILES string of the molecule is CCCn1nc(C)c(N)c1NCC(C)(C)CCCO. The summed E-state index contributed by atoms with van der Waals surface area (Å²) in [7, 11) is 0. The number of anilines is 2. The van der Waals surface area contributed by atoms with Crippen molar-refractivity contribution in [1.82, 2.24) is 9.78 Å². The highest BCUT2D eigenvalue weighted by molar-refractivity contribution is 5.64. The summed E-state index contributed by atoms with van der Waals surface area (Å²) in [4.78, 5) is 0. The summed E-state index contributed by atoms with van der Waals surface area (Å²) in [6.07, 6.45) is 2.85. The van der Waals surface area contributed by atoms with Crippen LogP contribution in [-0.2, 0) is 6.54 Å². The van der Waals surface area contributed by atoms with E-state index in [1.54, 1.807) is 0 Å². The van der Waals surface area contributed by atoms with Gasteiger partial charge in [0.05, 0.1) is 11.4 Å². The Morgan fingerprint density at radius 2 is 2.11 bits per heavy atom. The van der Waals surface area contributed by atoms with Crippen LogP contribution in [0.15, 0.2) is 0 Å². The number of nitrogen functional groups attached to an aromatic ring is 1. The van der Waals surface area contributed by atoms with E-state index in [0.29, 0.717) is 0 Å². The van der Waals surface area contributed by atoms with Gasteiger partial charge in [0.25, 0.3) is 0 Å². The van der Waals surface area contributed by atoms with Crippen molar-refractivity contribution in [2.24, 2.45) is 5.41 Å². The van der Waals surface area contributed by atoms with Crippen LogP contribution in [0.2, 0.25) is 0 Å². The molecule has 1 aromatic heterocycles. The minimum Gasteiger partial charge on any atom is -0.396 e. The number of aliphatic hydroxyl groups is 1. The molecular weight excluding hydrogens is 240 g/mol. The van der Waals surface area contributed by atoms with E-state index in [2.05, 4.69) is 31.2 Å². The van der Waals surface area contributed by atoms with Crippen LogP contribution in [0, 0.1) is 12.3 Å². The summed E-state index contributed by atoms with van der Waals surface area (Å²) in [6.45, 7) is 10.4. The highest BCUT2D eigenvalue weighted by Crippen LogP contribution is 2.27. The number of nitrogens with two attached hydrogens (primary N) is 1. The number of aryl methyl sites for hydroxylation is 2. The Morgan fingerprint density at radius 1 is 1.42 bits per heavy atom. The monoisotopic (exact) mass is 268 g/mol. The lowest BCUT2D eigenvalue weighted by Gasteiger charge is -2.25. The highest BCUT2D eigenvalue weighted by atomic mass is 16.2. The summed E-state index contributed by atoms with van der Waals surface area (Å²) in [5.41, 5.74) is 7.83. The smallest absolute Gasteiger partial charge is 0.148 e. The Hall–Kier alpha value is -1.23. The molecule has 0 bridgehead atoms. The van der Waals surface area contributed by atoms with E-state index in [1.165, 1.54) is 0 Å². The molecule has 5 heteroatoms. The van der Waals surface area contributed by atoms with E-state index >= 15 is 0 Å². The maximum atomic E-state index is 8.92. The van der Waals surface area contributed by atoms with Crippen LogP contribution < -0.4 is 11.1 Å². The first-order chi connectivity index (χ1) is 8.91. The van der Waals surface area contributed by atoms with Crippen LogP contribution >= 0.6 is 0 Å². The summed E-state index contributed by atoms with van der Waals surface area (Å²) in [5, 5.41) is 16.8. The van der Waals surface area contributed by atoms with Crippen molar-refractivity contribution in [3.8, 4) is 0 Å². The van der Waals surface area contributed by atoms with Gasteiger partial charge in [0.1, 0.15) is 5.82 Å². The number of aromatic nitrogens is 2. The average molecular weight is 268 g/mol. The van der Waals surface area contributed by atoms with Gasteiger partial charge >= 0.3 is 0 Å². The van der Waals surface area contributed by atoms with Crippen molar-refractivity contribution >= 4 is 11.5 Å². The first-order valence-corrected chi connectivity index (χ1v) is 7.09. The molecule has 1 rings (SSSR count). The Balaban J connectivity index is 2.71. The van der Waals surface area contributed by atoms with Gasteiger partial charge in [-0.25, -0.2) is 4.68 Å². The second kappa shape index (κ2) is 6.80. The molecular formula is C14H28N4O. The van der Waals surface area contributed by atoms with Crippen molar-refractivity contribution in [3.05, 3.63) is 5.69 Å². The van der Waals surface area contributed by atoms with Gasteiger partial charge in [0, 0.05) is 19.7 Å². The van der Waals surface area contributed by atoms with Crippen LogP contribution in [0.25, 0.3) is 0 Å². The zero-order chi connectivity index (χ0) is 14.5. The minimum atomic E-state index is 0.129. The molecule has 0 aliphatic carbocycles. The Kier molecular flexibility index (Phi) is 5.66. The molecule has 0 atom stereocenters. The van der Waals surface area contributed by atoms with Gasteiger partial charge < -0.3 is 16.2 Å². The molecule has 0 spiro atoms. The molecule has 0 unspecified atom stereocenters. The third-order valence-electron chi connectivity index (χ3n) is 3.36. The number of rotatable bonds is 8. The molecule has 0 saturated heterocycles. The van der Waals surface area contributed by atoms with Gasteiger partial charge in [-0.3, -0.25) is 0 Å². The lowest BCUT2D eigenvalue weighted by atomic mass is 9.88. The first-order valence-electron chi connectivity index (χ1n) is 7.09. The van der Waals surface area contributed by atoms with E-state index in [9.17, 15) is 0 Å². The third kappa shape index (κ3) is 4.42. The molecule has 19 heavy (non-hydrogen) atoms. The summed E-state index contributed by atoms with van der Waals surface area (Å²) in [5.74, 6) is 0.927. The molecule has 0 aliphatic heterocycles. The van der Waals surface area contributed by atoms with Crippen molar-refractivity contribution in [3.63, 3.8) is 0 Å². The van der Waals surface area contributed by atoms with Crippen molar-refractivity contribution < 1.29 is 5.11 Å². The molecule has 0 aromatic carbocycles. The summed E-state index contributed by atoms with van der Waals surface area (Å²) >= 11 is 0. The minimum absolute atomic E-state index is 0.129. The van der Waals surface area contributed by atoms with E-state index < -0.39 is 0 Å². The standard InChI is InChI=1S/C14H28N4O/c1-5-8-18-13(12(15)11(2)17-18)16-10-14(3,4)7-6-9-19/h16,19H,5-10,15H2,1-4H3. The van der Waals surface area contributed by atoms with E-state index in [-0.39, 0.29) is 12.0 Å². The molecule has 1 heterocycles. The van der Waals surface area contributed by atoms with Crippen molar-refractivity contribution in [1.29, 1.82) is 0 Å². The molecule has 0 radical (unpaired) electrons. The Labute approximate surface area is 116 Å². The van der Waals surface area contributed by atoms with Gasteiger partial charge in [-0.2, -0.15) is 5.10 Å². The predicted molar refractivity (Wildman–Crippen MR) is 80.3 cm³/mol. The fourth-order valence-corrected chi connectivity index (χ4v) is 2.12. The molecule has 5 nitrogen and oxygen atoms in total. The van der Waals surface area contributed by atoms with Crippen molar-refractivity contribution in [2.45, 2.75) is 53.5 Å². The third-order valence-corrected chi connectivity index (χ3v) is 3.36. The normalized spacial score (nSPS) is 11.8. The quantitative estimate of drug-likeness (QED) is 0.676. The van der Waals surface area contributed by atoms with E-state index in [0.717, 1.165) is 49.6 Å². The molecule has 0 fully saturated rings. The number of nitrogens with zero attached hydrogens (tertiary/aromatic N) is 2. The lowest BCUT2D eigenvalue weighted by Crippen LogP contribution is -2.25. The van der Waals surface area contributed by atoms with E-state index in [1.807, 2.05) is 11.6 Å². The Morgan fingerprint density at radius 3 is 2.68 bits per heavy atom. The van der Waals surface area contributed by atoms with Gasteiger partial charge in [-0.15, -0.1) is 0 Å².